The van der Waals surface area contributed by atoms with Gasteiger partial charge < -0.3 is 0 Å². The molecule has 0 unspecified atom stereocenters. The standard InChI is InChI=1S/C12H11FN2O2S/c1-9-3-2-8-14-12(9)15-18(16,17)11-6-4-10(13)5-7-11/h2-8H,1H3,(H,14,15). The highest BCUT2D eigenvalue weighted by Crippen LogP contribution is 2.17. The largest absolute Gasteiger partial charge is 0.263 e. The van der Waals surface area contributed by atoms with Crippen molar-refractivity contribution in [3.8, 4) is 0 Å². The van der Waals surface area contributed by atoms with Crippen molar-refractivity contribution in [2.75, 3.05) is 4.72 Å². The van der Waals surface area contributed by atoms with E-state index >= 15 is 0 Å². The van der Waals surface area contributed by atoms with Crippen LogP contribution in [0.25, 0.3) is 0 Å². The zero-order valence-corrected chi connectivity index (χ0v) is 10.4. The number of sulfonamides is 1. The van der Waals surface area contributed by atoms with Crippen LogP contribution in [0.1, 0.15) is 5.56 Å². The Labute approximate surface area is 105 Å². The molecule has 1 N–H and O–H groups in total. The predicted molar refractivity (Wildman–Crippen MR) is 66.2 cm³/mol. The highest BCUT2D eigenvalue weighted by atomic mass is 32.2. The molecule has 0 aliphatic carbocycles. The second-order valence-electron chi connectivity index (χ2n) is 3.73. The number of nitrogens with zero attached hydrogens (tertiary/aromatic N) is 1. The molecule has 1 heterocycles. The van der Waals surface area contributed by atoms with Gasteiger partial charge in [-0.05, 0) is 42.8 Å². The molecule has 0 saturated carbocycles. The van der Waals surface area contributed by atoms with Crippen molar-refractivity contribution in [1.29, 1.82) is 0 Å². The van der Waals surface area contributed by atoms with Gasteiger partial charge in [0.15, 0.2) is 0 Å². The highest BCUT2D eigenvalue weighted by molar-refractivity contribution is 7.92. The minimum Gasteiger partial charge on any atom is -0.263 e. The van der Waals surface area contributed by atoms with Gasteiger partial charge in [-0.25, -0.2) is 17.8 Å². The van der Waals surface area contributed by atoms with Crippen LogP contribution in [-0.4, -0.2) is 13.4 Å². The van der Waals surface area contributed by atoms with Gasteiger partial charge in [0.2, 0.25) is 0 Å². The lowest BCUT2D eigenvalue weighted by atomic mass is 10.3. The Morgan fingerprint density at radius 1 is 1.17 bits per heavy atom. The number of halogens is 1. The van der Waals surface area contributed by atoms with Gasteiger partial charge in [-0.2, -0.15) is 0 Å². The van der Waals surface area contributed by atoms with Crippen LogP contribution < -0.4 is 4.72 Å². The van der Waals surface area contributed by atoms with E-state index in [0.717, 1.165) is 12.1 Å². The van der Waals surface area contributed by atoms with Gasteiger partial charge in [-0.3, -0.25) is 4.72 Å². The Kier molecular flexibility index (Phi) is 3.29. The summed E-state index contributed by atoms with van der Waals surface area (Å²) in [6.45, 7) is 1.75. The summed E-state index contributed by atoms with van der Waals surface area (Å²) >= 11 is 0. The van der Waals surface area contributed by atoms with Gasteiger partial charge in [0.05, 0.1) is 4.90 Å². The molecule has 0 saturated heterocycles. The number of pyridine rings is 1. The Morgan fingerprint density at radius 3 is 2.44 bits per heavy atom. The lowest BCUT2D eigenvalue weighted by Crippen LogP contribution is -2.14. The molecule has 1 aromatic carbocycles. The van der Waals surface area contributed by atoms with Crippen LogP contribution in [0, 0.1) is 12.7 Å². The van der Waals surface area contributed by atoms with Gasteiger partial charge in [0, 0.05) is 6.20 Å². The summed E-state index contributed by atoms with van der Waals surface area (Å²) in [5, 5.41) is 0. The number of hydrogen-bond acceptors (Lipinski definition) is 3. The summed E-state index contributed by atoms with van der Waals surface area (Å²) in [5.74, 6) is -0.218. The maximum Gasteiger partial charge on any atom is 0.263 e. The first-order chi connectivity index (χ1) is 8.49. The normalized spacial score (nSPS) is 11.2. The van der Waals surface area contributed by atoms with E-state index < -0.39 is 15.8 Å². The van der Waals surface area contributed by atoms with Crippen molar-refractivity contribution < 1.29 is 12.8 Å². The molecule has 18 heavy (non-hydrogen) atoms. The molecule has 94 valence electrons. The first kappa shape index (κ1) is 12.5. The first-order valence-corrected chi connectivity index (χ1v) is 6.67. The fourth-order valence-corrected chi connectivity index (χ4v) is 2.47. The second-order valence-corrected chi connectivity index (χ2v) is 5.41. The molecule has 0 atom stereocenters. The highest BCUT2D eigenvalue weighted by Gasteiger charge is 2.15. The summed E-state index contributed by atoms with van der Waals surface area (Å²) in [6, 6.07) is 8.06. The third-order valence-electron chi connectivity index (χ3n) is 2.36. The number of hydrogen-bond donors (Lipinski definition) is 1. The summed E-state index contributed by atoms with van der Waals surface area (Å²) in [7, 11) is -3.73. The van der Waals surface area contributed by atoms with Gasteiger partial charge in [-0.1, -0.05) is 6.07 Å². The number of benzene rings is 1. The number of nitrogens with one attached hydrogen (secondary N) is 1. The van der Waals surface area contributed by atoms with Crippen molar-refractivity contribution >= 4 is 15.8 Å². The van der Waals surface area contributed by atoms with Crippen molar-refractivity contribution in [1.82, 2.24) is 4.98 Å². The molecular formula is C12H11FN2O2S. The van der Waals surface area contributed by atoms with E-state index in [1.165, 1.54) is 18.3 Å². The molecular weight excluding hydrogens is 255 g/mol. The zero-order chi connectivity index (χ0) is 13.2. The van der Waals surface area contributed by atoms with E-state index in [1.807, 2.05) is 0 Å². The van der Waals surface area contributed by atoms with Crippen molar-refractivity contribution in [3.63, 3.8) is 0 Å². The molecule has 2 rings (SSSR count). The molecule has 1 aromatic heterocycles. The summed E-state index contributed by atoms with van der Waals surface area (Å²) < 4.78 is 39.1. The van der Waals surface area contributed by atoms with Crippen LogP contribution in [0.2, 0.25) is 0 Å². The maximum absolute atomic E-state index is 12.7. The van der Waals surface area contributed by atoms with Gasteiger partial charge in [0.25, 0.3) is 10.0 Å². The molecule has 0 bridgehead atoms. The number of rotatable bonds is 3. The fourth-order valence-electron chi connectivity index (χ4n) is 1.39. The van der Waals surface area contributed by atoms with Crippen molar-refractivity contribution in [3.05, 3.63) is 54.0 Å². The first-order valence-electron chi connectivity index (χ1n) is 5.19. The number of anilines is 1. The molecule has 0 aliphatic heterocycles. The molecule has 0 fully saturated rings. The van der Waals surface area contributed by atoms with E-state index in [-0.39, 0.29) is 10.7 Å². The molecule has 0 radical (unpaired) electrons. The molecule has 4 nitrogen and oxygen atoms in total. The Hall–Kier alpha value is -1.95. The van der Waals surface area contributed by atoms with E-state index in [4.69, 9.17) is 0 Å². The molecule has 0 amide bonds. The topological polar surface area (TPSA) is 59.1 Å². The molecule has 0 spiro atoms. The van der Waals surface area contributed by atoms with Crippen molar-refractivity contribution in [2.24, 2.45) is 0 Å². The minimum absolute atomic E-state index is 0.00560. The summed E-state index contributed by atoms with van der Waals surface area (Å²) in [5.41, 5.74) is 0.711. The van der Waals surface area contributed by atoms with Crippen LogP contribution in [0.3, 0.4) is 0 Å². The van der Waals surface area contributed by atoms with Crippen LogP contribution in [0.5, 0.6) is 0 Å². The van der Waals surface area contributed by atoms with Crippen LogP contribution >= 0.6 is 0 Å². The molecule has 0 aliphatic rings. The third-order valence-corrected chi connectivity index (χ3v) is 3.72. The second kappa shape index (κ2) is 4.73. The van der Waals surface area contributed by atoms with E-state index in [9.17, 15) is 12.8 Å². The minimum atomic E-state index is -3.73. The monoisotopic (exact) mass is 266 g/mol. The SMILES string of the molecule is Cc1cccnc1NS(=O)(=O)c1ccc(F)cc1. The number of aromatic nitrogens is 1. The van der Waals surface area contributed by atoms with Crippen LogP contribution in [0.15, 0.2) is 47.5 Å². The van der Waals surface area contributed by atoms with E-state index in [2.05, 4.69) is 9.71 Å². The summed E-state index contributed by atoms with van der Waals surface area (Å²) in [4.78, 5) is 3.94. The lowest BCUT2D eigenvalue weighted by Gasteiger charge is -2.09. The lowest BCUT2D eigenvalue weighted by molar-refractivity contribution is 0.599. The van der Waals surface area contributed by atoms with Crippen LogP contribution in [-0.2, 0) is 10.0 Å². The Balaban J connectivity index is 2.33. The molecule has 2 aromatic rings. The average molecular weight is 266 g/mol. The maximum atomic E-state index is 12.7. The van der Waals surface area contributed by atoms with E-state index in [0.29, 0.717) is 5.56 Å². The Morgan fingerprint density at radius 2 is 1.83 bits per heavy atom. The van der Waals surface area contributed by atoms with Gasteiger partial charge in [-0.15, -0.1) is 0 Å². The van der Waals surface area contributed by atoms with Crippen LogP contribution in [0.4, 0.5) is 10.2 Å². The predicted octanol–water partition coefficient (Wildman–Crippen LogP) is 2.33. The van der Waals surface area contributed by atoms with E-state index in [1.54, 1.807) is 19.1 Å². The molecule has 6 heteroatoms. The van der Waals surface area contributed by atoms with Crippen molar-refractivity contribution in [2.45, 2.75) is 11.8 Å². The fraction of sp³-hybridized carbons (Fsp3) is 0.0833. The summed E-state index contributed by atoms with van der Waals surface area (Å²) in [6.07, 6.45) is 1.50. The van der Waals surface area contributed by atoms with Gasteiger partial charge in [0.1, 0.15) is 11.6 Å². The third kappa shape index (κ3) is 2.65. The Bertz CT molecular complexity index is 654. The smallest absolute Gasteiger partial charge is 0.263 e. The average Bonchev–Trinajstić information content (AvgIpc) is 2.32. The zero-order valence-electron chi connectivity index (χ0n) is 9.59. The quantitative estimate of drug-likeness (QED) is 0.927. The number of aryl methyl sites for hydroxylation is 1. The van der Waals surface area contributed by atoms with Gasteiger partial charge >= 0.3 is 0 Å².